The van der Waals surface area contributed by atoms with Crippen LogP contribution in [-0.2, 0) is 11.2 Å². The number of carbonyl (C=O) groups is 2. The summed E-state index contributed by atoms with van der Waals surface area (Å²) in [5, 5.41) is 81.6. The minimum Gasteiger partial charge on any atom is -0.508 e. The number of Topliss-reactive ketones (excluding diaryl/α,β-unsaturated/α-hetero) is 1. The van der Waals surface area contributed by atoms with Gasteiger partial charge >= 0.3 is 5.97 Å². The minimum absolute atomic E-state index is 0.0541. The highest BCUT2D eigenvalue weighted by Gasteiger charge is 2.43. The van der Waals surface area contributed by atoms with Gasteiger partial charge in [0.25, 0.3) is 0 Å². The van der Waals surface area contributed by atoms with Crippen LogP contribution < -0.4 is 0 Å². The van der Waals surface area contributed by atoms with Gasteiger partial charge in [-0.05, 0) is 53.8 Å². The number of hydrogen-bond donors (Lipinski definition) is 8. The Bertz CT molecular complexity index is 1460. The molecule has 39 heavy (non-hydrogen) atoms. The van der Waals surface area contributed by atoms with Crippen molar-refractivity contribution in [2.75, 3.05) is 6.61 Å². The van der Waals surface area contributed by atoms with Gasteiger partial charge in [0.2, 0.25) is 0 Å². The maximum absolute atomic E-state index is 13.1. The number of rotatable bonds is 8. The van der Waals surface area contributed by atoms with E-state index in [2.05, 4.69) is 0 Å². The van der Waals surface area contributed by atoms with Gasteiger partial charge in [-0.3, -0.25) is 9.59 Å². The molecule has 0 spiro atoms. The molecule has 0 fully saturated rings. The highest BCUT2D eigenvalue weighted by atomic mass is 16.4. The van der Waals surface area contributed by atoms with E-state index in [1.54, 1.807) is 0 Å². The van der Waals surface area contributed by atoms with Crippen LogP contribution in [0.25, 0.3) is 0 Å². The Labute approximate surface area is 223 Å². The third-order valence-electron chi connectivity index (χ3n) is 7.14. The van der Waals surface area contributed by atoms with Crippen LogP contribution in [0.15, 0.2) is 60.2 Å². The first-order valence-electron chi connectivity index (χ1n) is 12.2. The van der Waals surface area contributed by atoms with Crippen LogP contribution >= 0.6 is 0 Å². The van der Waals surface area contributed by atoms with Gasteiger partial charge in [0.05, 0.1) is 18.1 Å². The summed E-state index contributed by atoms with van der Waals surface area (Å²) < 4.78 is 0. The van der Waals surface area contributed by atoms with Crippen LogP contribution in [0.3, 0.4) is 0 Å². The Balaban J connectivity index is 1.74. The van der Waals surface area contributed by atoms with Crippen molar-refractivity contribution >= 4 is 11.8 Å². The first-order valence-corrected chi connectivity index (χ1v) is 12.2. The lowest BCUT2D eigenvalue weighted by molar-refractivity contribution is -0.143. The monoisotopic (exact) mass is 536 g/mol. The van der Waals surface area contributed by atoms with E-state index in [0.717, 1.165) is 12.1 Å². The molecule has 10 heteroatoms. The number of aromatic hydroxyl groups is 6. The molecule has 1 aliphatic carbocycles. The van der Waals surface area contributed by atoms with Gasteiger partial charge in [-0.2, -0.15) is 0 Å². The number of hydrogen-bond acceptors (Lipinski definition) is 9. The second-order valence-electron chi connectivity index (χ2n) is 9.56. The molecule has 0 radical (unpaired) electrons. The number of carbonyl (C=O) groups excluding carboxylic acids is 1. The first kappa shape index (κ1) is 27.3. The maximum Gasteiger partial charge on any atom is 0.308 e. The van der Waals surface area contributed by atoms with Gasteiger partial charge in [-0.25, -0.2) is 0 Å². The fourth-order valence-corrected chi connectivity index (χ4v) is 5.24. The number of aryl methyl sites for hydroxylation is 1. The van der Waals surface area contributed by atoms with Crippen LogP contribution in [0.2, 0.25) is 0 Å². The maximum atomic E-state index is 13.1. The van der Waals surface area contributed by atoms with E-state index in [1.807, 2.05) is 0 Å². The molecule has 0 amide bonds. The number of carboxylic acids is 1. The van der Waals surface area contributed by atoms with Crippen molar-refractivity contribution in [2.45, 2.75) is 31.1 Å². The molecular weight excluding hydrogens is 508 g/mol. The molecule has 0 saturated carbocycles. The summed E-state index contributed by atoms with van der Waals surface area (Å²) in [5.41, 5.74) is 0.607. The molecule has 0 bridgehead atoms. The number of aliphatic hydroxyl groups is 1. The summed E-state index contributed by atoms with van der Waals surface area (Å²) in [5.74, 6) is -7.25. The Morgan fingerprint density at radius 1 is 0.821 bits per heavy atom. The van der Waals surface area contributed by atoms with Crippen LogP contribution in [0, 0.1) is 5.92 Å². The number of allylic oxidation sites excluding steroid dienone is 1. The van der Waals surface area contributed by atoms with Gasteiger partial charge in [-0.1, -0.05) is 18.2 Å². The summed E-state index contributed by atoms with van der Waals surface area (Å²) >= 11 is 0. The number of phenols is 6. The van der Waals surface area contributed by atoms with Crippen molar-refractivity contribution in [2.24, 2.45) is 5.92 Å². The molecule has 3 aromatic rings. The highest BCUT2D eigenvalue weighted by Crippen LogP contribution is 2.51. The predicted octanol–water partition coefficient (Wildman–Crippen LogP) is 3.63. The molecule has 8 N–H and O–H groups in total. The van der Waals surface area contributed by atoms with Gasteiger partial charge < -0.3 is 40.9 Å². The van der Waals surface area contributed by atoms with Gasteiger partial charge in [0.15, 0.2) is 5.78 Å². The summed E-state index contributed by atoms with van der Waals surface area (Å²) in [4.78, 5) is 25.6. The molecule has 4 rings (SSSR count). The second-order valence-corrected chi connectivity index (χ2v) is 9.56. The Hall–Kier alpha value is -4.70. The van der Waals surface area contributed by atoms with E-state index < -0.39 is 47.6 Å². The summed E-state index contributed by atoms with van der Waals surface area (Å²) in [6, 6.07) is 10.1. The molecular formula is C29H28O10. The van der Waals surface area contributed by atoms with Crippen molar-refractivity contribution in [3.05, 3.63) is 82.4 Å². The Kier molecular flexibility index (Phi) is 7.68. The number of ketones is 1. The molecule has 3 aromatic carbocycles. The molecule has 1 aliphatic rings. The summed E-state index contributed by atoms with van der Waals surface area (Å²) in [7, 11) is 0. The molecule has 204 valence electrons. The zero-order valence-corrected chi connectivity index (χ0v) is 20.7. The standard InChI is InChI=1S/C29H28O10/c30-13-14-9-20(18-5-4-17(32)12-25(18)36)26(29(38)39)21(10-14)27-23(34)8-6-19(28(27)37)22(33)7-2-15-1-3-16(31)11-24(15)35/h1,3-6,8,10-12,20-21,26,30-32,34-37H,2,7,9,13H2,(H,38,39). The van der Waals surface area contributed by atoms with Gasteiger partial charge in [-0.15, -0.1) is 0 Å². The van der Waals surface area contributed by atoms with Crippen molar-refractivity contribution < 1.29 is 50.4 Å². The molecule has 3 atom stereocenters. The Morgan fingerprint density at radius 2 is 1.49 bits per heavy atom. The smallest absolute Gasteiger partial charge is 0.308 e. The summed E-state index contributed by atoms with van der Waals surface area (Å²) in [6.07, 6.45) is 1.42. The van der Waals surface area contributed by atoms with Gasteiger partial charge in [0.1, 0.15) is 34.5 Å². The van der Waals surface area contributed by atoms with Crippen molar-refractivity contribution in [3.8, 4) is 34.5 Å². The predicted molar refractivity (Wildman–Crippen MR) is 138 cm³/mol. The molecule has 0 aliphatic heterocycles. The first-order chi connectivity index (χ1) is 18.5. The van der Waals surface area contributed by atoms with Crippen molar-refractivity contribution in [1.82, 2.24) is 0 Å². The van der Waals surface area contributed by atoms with E-state index in [9.17, 15) is 50.4 Å². The van der Waals surface area contributed by atoms with Crippen molar-refractivity contribution in [1.29, 1.82) is 0 Å². The molecule has 3 unspecified atom stereocenters. The lowest BCUT2D eigenvalue weighted by Gasteiger charge is -2.36. The fourth-order valence-electron chi connectivity index (χ4n) is 5.24. The third kappa shape index (κ3) is 5.46. The minimum atomic E-state index is -1.33. The van der Waals surface area contributed by atoms with Crippen LogP contribution in [0.1, 0.15) is 51.7 Å². The number of phenolic OH excluding ortho intramolecular Hbond substituents is 6. The van der Waals surface area contributed by atoms with Crippen LogP contribution in [0.5, 0.6) is 34.5 Å². The normalized spacial score (nSPS) is 18.9. The number of aliphatic hydroxyl groups excluding tert-OH is 1. The van der Waals surface area contributed by atoms with Crippen LogP contribution in [-0.4, -0.2) is 59.2 Å². The topological polar surface area (TPSA) is 196 Å². The Morgan fingerprint density at radius 3 is 2.10 bits per heavy atom. The van der Waals surface area contributed by atoms with E-state index in [4.69, 9.17) is 0 Å². The van der Waals surface area contributed by atoms with E-state index in [1.165, 1.54) is 42.5 Å². The summed E-state index contributed by atoms with van der Waals surface area (Å²) in [6.45, 7) is -0.450. The highest BCUT2D eigenvalue weighted by molar-refractivity contribution is 5.99. The molecule has 10 nitrogen and oxygen atoms in total. The zero-order chi connectivity index (χ0) is 28.4. The number of aliphatic carboxylic acids is 1. The quantitative estimate of drug-likeness (QED) is 0.155. The average molecular weight is 537 g/mol. The van der Waals surface area contributed by atoms with Gasteiger partial charge in [0, 0.05) is 36.0 Å². The van der Waals surface area contributed by atoms with E-state index >= 15 is 0 Å². The number of carboxylic acid groups (broad SMARTS) is 1. The molecule has 0 aromatic heterocycles. The van der Waals surface area contributed by atoms with Crippen LogP contribution in [0.4, 0.5) is 0 Å². The van der Waals surface area contributed by atoms with E-state index in [0.29, 0.717) is 11.1 Å². The zero-order valence-electron chi connectivity index (χ0n) is 20.7. The number of benzene rings is 3. The third-order valence-corrected chi connectivity index (χ3v) is 7.14. The fraction of sp³-hybridized carbons (Fsp3) is 0.241. The average Bonchev–Trinajstić information content (AvgIpc) is 2.87. The SMILES string of the molecule is O=C(CCc1ccc(O)cc1O)c1ccc(O)c(C2C=C(CO)CC(c3ccc(O)cc3O)C2C(=O)O)c1O. The second kappa shape index (κ2) is 11.0. The molecule has 0 heterocycles. The molecule has 0 saturated heterocycles. The largest absolute Gasteiger partial charge is 0.508 e. The van der Waals surface area contributed by atoms with E-state index in [-0.39, 0.29) is 59.0 Å². The van der Waals surface area contributed by atoms with Crippen molar-refractivity contribution in [3.63, 3.8) is 0 Å². The lowest BCUT2D eigenvalue weighted by Crippen LogP contribution is -2.32. The lowest BCUT2D eigenvalue weighted by atomic mass is 9.67.